The molecule has 1 rings (SSSR count). The molecule has 0 unspecified atom stereocenters. The maximum absolute atomic E-state index is 12.0. The first-order valence-electron chi connectivity index (χ1n) is 4.31. The second-order valence-electron chi connectivity index (χ2n) is 2.64. The monoisotopic (exact) mass is 235 g/mol. The minimum absolute atomic E-state index is 0.0621. The Morgan fingerprint density at radius 1 is 1.50 bits per heavy atom. The summed E-state index contributed by atoms with van der Waals surface area (Å²) in [5.41, 5.74) is -0.311. The van der Waals surface area contributed by atoms with E-state index in [1.807, 2.05) is 0 Å². The molecule has 0 amide bonds. The number of esters is 1. The van der Waals surface area contributed by atoms with Gasteiger partial charge in [0.1, 0.15) is 5.56 Å². The van der Waals surface area contributed by atoms with Crippen LogP contribution in [0.1, 0.15) is 17.3 Å². The predicted molar refractivity (Wildman–Crippen MR) is 46.9 cm³/mol. The van der Waals surface area contributed by atoms with Gasteiger partial charge in [0, 0.05) is 6.20 Å². The maximum atomic E-state index is 12.0. The third-order valence-corrected chi connectivity index (χ3v) is 1.51. The van der Waals surface area contributed by atoms with Crippen LogP contribution in [0.4, 0.5) is 13.2 Å². The van der Waals surface area contributed by atoms with Crippen LogP contribution >= 0.6 is 0 Å². The van der Waals surface area contributed by atoms with Gasteiger partial charge in [-0.3, -0.25) is 4.98 Å². The number of alkyl halides is 3. The zero-order chi connectivity index (χ0) is 12.2. The van der Waals surface area contributed by atoms with Gasteiger partial charge in [0.05, 0.1) is 12.8 Å². The molecule has 0 saturated carbocycles. The average molecular weight is 235 g/mol. The average Bonchev–Trinajstić information content (AvgIpc) is 2.16. The van der Waals surface area contributed by atoms with Gasteiger partial charge in [-0.2, -0.15) is 0 Å². The summed E-state index contributed by atoms with van der Waals surface area (Å²) in [6, 6.07) is 1.10. The zero-order valence-corrected chi connectivity index (χ0v) is 8.25. The van der Waals surface area contributed by atoms with Crippen LogP contribution < -0.4 is 4.74 Å². The van der Waals surface area contributed by atoms with Crippen LogP contribution in [0.25, 0.3) is 0 Å². The standard InChI is InChI=1S/C9H8F3NO3/c1-2-15-8(14)6-3-4-13-5-7(6)16-9(10,11)12/h3-5H,2H2,1H3. The first-order chi connectivity index (χ1) is 7.44. The number of aromatic nitrogens is 1. The first kappa shape index (κ1) is 12.3. The molecule has 1 aromatic rings. The van der Waals surface area contributed by atoms with Gasteiger partial charge in [-0.15, -0.1) is 13.2 Å². The van der Waals surface area contributed by atoms with Gasteiger partial charge in [-0.1, -0.05) is 0 Å². The van der Waals surface area contributed by atoms with Crippen molar-refractivity contribution in [1.82, 2.24) is 4.98 Å². The summed E-state index contributed by atoms with van der Waals surface area (Å²) in [6.07, 6.45) is -2.89. The van der Waals surface area contributed by atoms with Crippen LogP contribution in [0.5, 0.6) is 5.75 Å². The Labute approximate surface area is 89.0 Å². The maximum Gasteiger partial charge on any atom is 0.573 e. The summed E-state index contributed by atoms with van der Waals surface area (Å²) in [7, 11) is 0. The molecule has 0 bridgehead atoms. The lowest BCUT2D eigenvalue weighted by atomic mass is 10.2. The van der Waals surface area contributed by atoms with Gasteiger partial charge < -0.3 is 9.47 Å². The van der Waals surface area contributed by atoms with E-state index in [2.05, 4.69) is 14.5 Å². The van der Waals surface area contributed by atoms with Crippen LogP contribution in [-0.4, -0.2) is 23.9 Å². The predicted octanol–water partition coefficient (Wildman–Crippen LogP) is 2.16. The van der Waals surface area contributed by atoms with Crippen molar-refractivity contribution < 1.29 is 27.4 Å². The molecule has 0 fully saturated rings. The second kappa shape index (κ2) is 4.82. The Balaban J connectivity index is 2.96. The number of hydrogen-bond acceptors (Lipinski definition) is 4. The fourth-order valence-corrected chi connectivity index (χ4v) is 0.963. The summed E-state index contributed by atoms with van der Waals surface area (Å²) in [5.74, 6) is -1.56. The fraction of sp³-hybridized carbons (Fsp3) is 0.333. The topological polar surface area (TPSA) is 48.4 Å². The Bertz CT molecular complexity index is 379. The normalized spacial score (nSPS) is 11.0. The molecule has 0 saturated heterocycles. The SMILES string of the molecule is CCOC(=O)c1ccncc1OC(F)(F)F. The van der Waals surface area contributed by atoms with Crippen LogP contribution in [0.2, 0.25) is 0 Å². The molecule has 0 atom stereocenters. The summed E-state index contributed by atoms with van der Waals surface area (Å²) < 4.78 is 44.1. The zero-order valence-electron chi connectivity index (χ0n) is 8.25. The number of rotatable bonds is 3. The van der Waals surface area contributed by atoms with E-state index in [0.29, 0.717) is 0 Å². The number of nitrogens with zero attached hydrogens (tertiary/aromatic N) is 1. The Morgan fingerprint density at radius 2 is 2.19 bits per heavy atom. The summed E-state index contributed by atoms with van der Waals surface area (Å²) in [5, 5.41) is 0. The molecule has 1 aromatic heterocycles. The van der Waals surface area contributed by atoms with Crippen molar-refractivity contribution in [1.29, 1.82) is 0 Å². The quantitative estimate of drug-likeness (QED) is 0.753. The molecule has 7 heteroatoms. The summed E-state index contributed by atoms with van der Waals surface area (Å²) in [6.45, 7) is 1.61. The Kier molecular flexibility index (Phi) is 3.70. The first-order valence-corrected chi connectivity index (χ1v) is 4.31. The molecule has 1 heterocycles. The highest BCUT2D eigenvalue weighted by atomic mass is 19.4. The molecule has 4 nitrogen and oxygen atoms in total. The molecular formula is C9H8F3NO3. The lowest BCUT2D eigenvalue weighted by Gasteiger charge is -2.11. The van der Waals surface area contributed by atoms with Gasteiger partial charge in [0.25, 0.3) is 0 Å². The smallest absolute Gasteiger partial charge is 0.462 e. The van der Waals surface area contributed by atoms with Crippen molar-refractivity contribution in [3.63, 3.8) is 0 Å². The van der Waals surface area contributed by atoms with Crippen molar-refractivity contribution in [3.05, 3.63) is 24.0 Å². The molecule has 0 radical (unpaired) electrons. The van der Waals surface area contributed by atoms with Gasteiger partial charge in [0.15, 0.2) is 5.75 Å². The summed E-state index contributed by atoms with van der Waals surface area (Å²) >= 11 is 0. The fourth-order valence-electron chi connectivity index (χ4n) is 0.963. The van der Waals surface area contributed by atoms with E-state index in [-0.39, 0.29) is 12.2 Å². The Morgan fingerprint density at radius 3 is 2.75 bits per heavy atom. The third-order valence-electron chi connectivity index (χ3n) is 1.51. The van der Waals surface area contributed by atoms with Crippen LogP contribution in [0.15, 0.2) is 18.5 Å². The highest BCUT2D eigenvalue weighted by molar-refractivity contribution is 5.92. The van der Waals surface area contributed by atoms with Gasteiger partial charge in [0.2, 0.25) is 0 Å². The van der Waals surface area contributed by atoms with E-state index in [1.165, 1.54) is 6.20 Å². The minimum atomic E-state index is -4.87. The molecule has 88 valence electrons. The van der Waals surface area contributed by atoms with Crippen LogP contribution in [0, 0.1) is 0 Å². The molecule has 16 heavy (non-hydrogen) atoms. The molecule has 0 spiro atoms. The van der Waals surface area contributed by atoms with Gasteiger partial charge >= 0.3 is 12.3 Å². The van der Waals surface area contributed by atoms with Crippen LogP contribution in [-0.2, 0) is 4.74 Å². The number of carbonyl (C=O) groups is 1. The number of ether oxygens (including phenoxy) is 2. The van der Waals surface area contributed by atoms with Crippen LogP contribution in [0.3, 0.4) is 0 Å². The lowest BCUT2D eigenvalue weighted by Crippen LogP contribution is -2.19. The van der Waals surface area contributed by atoms with Crippen molar-refractivity contribution in [2.24, 2.45) is 0 Å². The van der Waals surface area contributed by atoms with Gasteiger partial charge in [-0.25, -0.2) is 4.79 Å². The highest BCUT2D eigenvalue weighted by Crippen LogP contribution is 2.25. The molecule has 0 aliphatic carbocycles. The van der Waals surface area contributed by atoms with E-state index < -0.39 is 18.1 Å². The van der Waals surface area contributed by atoms with E-state index >= 15 is 0 Å². The summed E-state index contributed by atoms with van der Waals surface area (Å²) in [4.78, 5) is 14.7. The highest BCUT2D eigenvalue weighted by Gasteiger charge is 2.33. The number of pyridine rings is 1. The van der Waals surface area contributed by atoms with E-state index in [4.69, 9.17) is 0 Å². The molecule has 0 N–H and O–H groups in total. The second-order valence-corrected chi connectivity index (χ2v) is 2.64. The largest absolute Gasteiger partial charge is 0.573 e. The van der Waals surface area contributed by atoms with Crippen molar-refractivity contribution in [2.75, 3.05) is 6.61 Å². The lowest BCUT2D eigenvalue weighted by molar-refractivity contribution is -0.274. The molecule has 0 aliphatic rings. The van der Waals surface area contributed by atoms with E-state index in [1.54, 1.807) is 6.92 Å². The van der Waals surface area contributed by atoms with Crippen molar-refractivity contribution in [2.45, 2.75) is 13.3 Å². The molecule has 0 aliphatic heterocycles. The van der Waals surface area contributed by atoms with E-state index in [0.717, 1.165) is 12.3 Å². The van der Waals surface area contributed by atoms with Crippen molar-refractivity contribution >= 4 is 5.97 Å². The minimum Gasteiger partial charge on any atom is -0.462 e. The third kappa shape index (κ3) is 3.41. The van der Waals surface area contributed by atoms with E-state index in [9.17, 15) is 18.0 Å². The van der Waals surface area contributed by atoms with Crippen molar-refractivity contribution in [3.8, 4) is 5.75 Å². The number of hydrogen-bond donors (Lipinski definition) is 0. The Hall–Kier alpha value is -1.79. The molecule has 0 aromatic carbocycles. The van der Waals surface area contributed by atoms with Gasteiger partial charge in [-0.05, 0) is 13.0 Å². The number of carbonyl (C=O) groups excluding carboxylic acids is 1. The molecular weight excluding hydrogens is 227 g/mol. The number of halogens is 3.